The lowest BCUT2D eigenvalue weighted by Gasteiger charge is -2.24. The van der Waals surface area contributed by atoms with Crippen LogP contribution in [0.1, 0.15) is 42.3 Å². The summed E-state index contributed by atoms with van der Waals surface area (Å²) in [5.74, 6) is 0.296. The van der Waals surface area contributed by atoms with Crippen LogP contribution in [0.3, 0.4) is 0 Å². The molecule has 15 nitrogen and oxygen atoms in total. The van der Waals surface area contributed by atoms with Gasteiger partial charge in [0.1, 0.15) is 12.2 Å². The summed E-state index contributed by atoms with van der Waals surface area (Å²) in [4.78, 5) is 45.9. The molecule has 276 valence electrons. The first-order chi connectivity index (χ1) is 25.8. The van der Waals surface area contributed by atoms with Crippen LogP contribution >= 0.6 is 11.8 Å². The van der Waals surface area contributed by atoms with Crippen molar-refractivity contribution < 1.29 is 24.9 Å². The van der Waals surface area contributed by atoms with E-state index in [9.17, 15) is 24.9 Å². The number of hydrogen-bond acceptors (Lipinski definition) is 11. The van der Waals surface area contributed by atoms with Crippen LogP contribution in [0.2, 0.25) is 0 Å². The number of carbonyl (C=O) groups is 2. The highest BCUT2D eigenvalue weighted by atomic mass is 35.5. The molecule has 5 aromatic rings. The SMILES string of the molecule is O=C(Nc1cccnc1)N[C@@H]1CCN(c2nc(NCC(c3ccccc3)c3ccccc3)c3ncn([C@@H]4C[C@H](N(Cl)C(=O)CCO)[C@@H](O)[C@H]4O)c3n2)C1. The first-order valence-corrected chi connectivity index (χ1v) is 17.9. The van der Waals surface area contributed by atoms with E-state index in [2.05, 4.69) is 50.2 Å². The maximum Gasteiger partial charge on any atom is 0.319 e. The molecule has 0 radical (unpaired) electrons. The molecule has 0 spiro atoms. The van der Waals surface area contributed by atoms with Gasteiger partial charge in [-0.1, -0.05) is 60.7 Å². The molecule has 1 aliphatic heterocycles. The Balaban J connectivity index is 1.19. The van der Waals surface area contributed by atoms with Crippen LogP contribution in [0.4, 0.5) is 22.2 Å². The van der Waals surface area contributed by atoms with Gasteiger partial charge < -0.3 is 40.7 Å². The van der Waals surface area contributed by atoms with E-state index in [1.807, 2.05) is 41.3 Å². The van der Waals surface area contributed by atoms with Crippen molar-refractivity contribution in [2.45, 2.75) is 55.5 Å². The molecule has 0 bridgehead atoms. The number of nitrogens with zero attached hydrogens (tertiary/aromatic N) is 7. The topological polar surface area (TPSA) is 194 Å². The quantitative estimate of drug-likeness (QED) is 0.103. The van der Waals surface area contributed by atoms with Crippen LogP contribution in [0.5, 0.6) is 0 Å². The van der Waals surface area contributed by atoms with Crippen molar-refractivity contribution in [2.75, 3.05) is 41.8 Å². The monoisotopic (exact) mass is 740 g/mol. The Morgan fingerprint density at radius 1 is 0.981 bits per heavy atom. The van der Waals surface area contributed by atoms with Crippen LogP contribution in [0.25, 0.3) is 11.2 Å². The Labute approximate surface area is 310 Å². The van der Waals surface area contributed by atoms with Gasteiger partial charge in [0.2, 0.25) is 11.9 Å². The molecule has 53 heavy (non-hydrogen) atoms. The molecule has 16 heteroatoms. The van der Waals surface area contributed by atoms with Crippen LogP contribution in [-0.2, 0) is 4.79 Å². The van der Waals surface area contributed by atoms with Gasteiger partial charge >= 0.3 is 6.03 Å². The average Bonchev–Trinajstić information content (AvgIpc) is 3.90. The van der Waals surface area contributed by atoms with E-state index >= 15 is 0 Å². The highest BCUT2D eigenvalue weighted by molar-refractivity contribution is 6.21. The van der Waals surface area contributed by atoms with Crippen molar-refractivity contribution in [3.05, 3.63) is 103 Å². The molecule has 6 N–H and O–H groups in total. The molecular formula is C37H41ClN10O5. The van der Waals surface area contributed by atoms with E-state index in [4.69, 9.17) is 21.7 Å². The summed E-state index contributed by atoms with van der Waals surface area (Å²) in [6, 6.07) is 21.7. The number of carbonyl (C=O) groups excluding carboxylic acids is 2. The standard InChI is InChI=1S/C37H41ClN10O5/c38-48(30(50)14-17-49)29-18-28(32(51)33(29)52)47-22-41-31-34(40-20-27(23-8-3-1-4-9-23)24-10-5-2-6-11-24)44-36(45-35(31)47)46-16-13-26(21-46)43-37(53)42-25-12-7-15-39-19-25/h1-12,15,19,22,26-29,32-33,49,51-52H,13-14,16-18,20-21H2,(H,40,44,45)(H2,42,43,53)/t26-,28-,29+,32+,33-/m1/s1. The number of benzene rings is 2. The number of urea groups is 1. The molecule has 2 aromatic carbocycles. The zero-order chi connectivity index (χ0) is 36.9. The van der Waals surface area contributed by atoms with Crippen LogP contribution < -0.4 is 20.9 Å². The molecule has 2 aliphatic rings. The fourth-order valence-corrected chi connectivity index (χ4v) is 7.41. The minimum atomic E-state index is -1.35. The molecule has 4 heterocycles. The molecule has 3 amide bonds. The first-order valence-electron chi connectivity index (χ1n) is 17.6. The maximum atomic E-state index is 12.8. The van der Waals surface area contributed by atoms with Gasteiger partial charge in [-0.25, -0.2) is 14.2 Å². The molecule has 3 aromatic heterocycles. The van der Waals surface area contributed by atoms with Crippen LogP contribution in [0.15, 0.2) is 91.5 Å². The van der Waals surface area contributed by atoms with Gasteiger partial charge in [-0.15, -0.1) is 0 Å². The van der Waals surface area contributed by atoms with Crippen molar-refractivity contribution >= 4 is 52.3 Å². The Hall–Kier alpha value is -5.35. The lowest BCUT2D eigenvalue weighted by Crippen LogP contribution is -2.41. The largest absolute Gasteiger partial charge is 0.396 e. The molecule has 5 atom stereocenters. The second-order valence-corrected chi connectivity index (χ2v) is 13.6. The van der Waals surface area contributed by atoms with Crippen molar-refractivity contribution in [2.24, 2.45) is 0 Å². The predicted molar refractivity (Wildman–Crippen MR) is 199 cm³/mol. The molecule has 7 rings (SSSR count). The minimum Gasteiger partial charge on any atom is -0.396 e. The summed E-state index contributed by atoms with van der Waals surface area (Å²) in [5, 5.41) is 40.9. The van der Waals surface area contributed by atoms with E-state index < -0.39 is 36.8 Å². The highest BCUT2D eigenvalue weighted by Crippen LogP contribution is 2.38. The third kappa shape index (κ3) is 7.88. The summed E-state index contributed by atoms with van der Waals surface area (Å²) >= 11 is 6.32. The van der Waals surface area contributed by atoms with Gasteiger partial charge in [0.15, 0.2) is 17.0 Å². The molecule has 1 aliphatic carbocycles. The number of nitrogens with one attached hydrogen (secondary N) is 3. The second-order valence-electron chi connectivity index (χ2n) is 13.3. The van der Waals surface area contributed by atoms with E-state index in [-0.39, 0.29) is 30.8 Å². The lowest BCUT2D eigenvalue weighted by atomic mass is 9.91. The summed E-state index contributed by atoms with van der Waals surface area (Å²) in [7, 11) is 0. The lowest BCUT2D eigenvalue weighted by molar-refractivity contribution is -0.130. The Bertz CT molecular complexity index is 1970. The van der Waals surface area contributed by atoms with E-state index in [0.29, 0.717) is 54.7 Å². The van der Waals surface area contributed by atoms with Gasteiger partial charge in [-0.05, 0) is 36.1 Å². The summed E-state index contributed by atoms with van der Waals surface area (Å²) < 4.78 is 2.56. The number of rotatable bonds is 12. The predicted octanol–water partition coefficient (Wildman–Crippen LogP) is 3.27. The summed E-state index contributed by atoms with van der Waals surface area (Å²) in [6.07, 6.45) is 2.66. The number of aliphatic hydroxyl groups excluding tert-OH is 3. The minimum absolute atomic E-state index is 0.0228. The van der Waals surface area contributed by atoms with Crippen molar-refractivity contribution in [3.8, 4) is 0 Å². The number of hydrogen-bond donors (Lipinski definition) is 6. The molecule has 1 saturated carbocycles. The number of imidazole rings is 1. The molecule has 2 fully saturated rings. The summed E-state index contributed by atoms with van der Waals surface area (Å²) in [5.41, 5.74) is 3.70. The molecule has 1 saturated heterocycles. The van der Waals surface area contributed by atoms with Gasteiger partial charge in [-0.3, -0.25) is 9.78 Å². The van der Waals surface area contributed by atoms with Crippen LogP contribution in [0, 0.1) is 0 Å². The molecular weight excluding hydrogens is 700 g/mol. The number of fused-ring (bicyclic) bond motifs is 1. The first kappa shape index (κ1) is 36.0. The Morgan fingerprint density at radius 2 is 1.72 bits per heavy atom. The zero-order valence-corrected chi connectivity index (χ0v) is 29.5. The van der Waals surface area contributed by atoms with Gasteiger partial charge in [-0.2, -0.15) is 9.97 Å². The van der Waals surface area contributed by atoms with E-state index in [1.54, 1.807) is 35.4 Å². The Morgan fingerprint density at radius 3 is 2.40 bits per heavy atom. The number of amides is 3. The van der Waals surface area contributed by atoms with Crippen molar-refractivity contribution in [1.82, 2.24) is 34.2 Å². The van der Waals surface area contributed by atoms with Crippen molar-refractivity contribution in [3.63, 3.8) is 0 Å². The smallest absolute Gasteiger partial charge is 0.319 e. The van der Waals surface area contributed by atoms with Crippen molar-refractivity contribution in [1.29, 1.82) is 0 Å². The fourth-order valence-electron chi connectivity index (χ4n) is 7.13. The van der Waals surface area contributed by atoms with Crippen LogP contribution in [-0.4, -0.2) is 107 Å². The maximum absolute atomic E-state index is 12.8. The second kappa shape index (κ2) is 16.1. The third-order valence-corrected chi connectivity index (χ3v) is 10.3. The van der Waals surface area contributed by atoms with Gasteiger partial charge in [0.05, 0.1) is 43.3 Å². The normalized spacial score (nSPS) is 21.2. The van der Waals surface area contributed by atoms with Gasteiger partial charge in [0.25, 0.3) is 0 Å². The third-order valence-electron chi connectivity index (χ3n) is 9.85. The summed E-state index contributed by atoms with van der Waals surface area (Å²) in [6.45, 7) is 1.09. The average molecular weight is 741 g/mol. The number of halogens is 1. The van der Waals surface area contributed by atoms with E-state index in [1.165, 1.54) is 0 Å². The number of aromatic nitrogens is 5. The Kier molecular flexibility index (Phi) is 11.0. The zero-order valence-electron chi connectivity index (χ0n) is 28.7. The highest BCUT2D eigenvalue weighted by Gasteiger charge is 2.47. The number of anilines is 3. The van der Waals surface area contributed by atoms with Gasteiger partial charge in [0, 0.05) is 49.6 Å². The number of pyridine rings is 1. The fraction of sp³-hybridized carbons (Fsp3) is 0.351. The van der Waals surface area contributed by atoms with E-state index in [0.717, 1.165) is 15.5 Å². The molecule has 0 unspecified atom stereocenters. The number of aliphatic hydroxyl groups is 3.